The highest BCUT2D eigenvalue weighted by Crippen LogP contribution is 2.36. The number of hydrogen-bond acceptors (Lipinski definition) is 9. The van der Waals surface area contributed by atoms with Gasteiger partial charge in [0.15, 0.2) is 5.79 Å². The molecule has 5 rings (SSSR count). The molecule has 1 amide bonds. The lowest BCUT2D eigenvalue weighted by molar-refractivity contribution is -0.169. The molecule has 1 N–H and O–H groups in total. The lowest BCUT2D eigenvalue weighted by atomic mass is 10.0. The fourth-order valence-electron chi connectivity index (χ4n) is 5.73. The molecule has 0 radical (unpaired) electrons. The third-order valence-corrected chi connectivity index (χ3v) is 9.44. The number of fused-ring (bicyclic) bond motifs is 1. The number of thiocarbonyl (C=S) groups is 1. The summed E-state index contributed by atoms with van der Waals surface area (Å²) < 4.78 is 13.8. The number of ether oxygens (including phenoxy) is 2. The number of unbranched alkanes of at least 4 members (excludes halogenated alkanes) is 7. The number of rotatable bonds is 13. The average Bonchev–Trinajstić information content (AvgIpc) is 3.54. The lowest BCUT2D eigenvalue weighted by Crippen LogP contribution is -2.46. The molecule has 3 aliphatic rings. The molecule has 226 valence electrons. The van der Waals surface area contributed by atoms with Gasteiger partial charge >= 0.3 is 5.97 Å². The number of carboxylic acids is 1. The second kappa shape index (κ2) is 14.1. The molecule has 1 spiro atoms. The van der Waals surface area contributed by atoms with E-state index in [1.165, 1.54) is 16.2 Å². The van der Waals surface area contributed by atoms with E-state index in [1.54, 1.807) is 23.2 Å². The van der Waals surface area contributed by atoms with Crippen molar-refractivity contribution in [3.63, 3.8) is 0 Å². The number of carbonyl (C=O) groups excluding carboxylic acids is 1. The second-order valence-electron chi connectivity index (χ2n) is 11.0. The van der Waals surface area contributed by atoms with Crippen LogP contribution in [0.4, 0.5) is 5.82 Å². The Bertz CT molecular complexity index is 1390. The van der Waals surface area contributed by atoms with Crippen molar-refractivity contribution in [2.75, 3.05) is 37.7 Å². The summed E-state index contributed by atoms with van der Waals surface area (Å²) in [5.74, 6) is -0.885. The van der Waals surface area contributed by atoms with Gasteiger partial charge in [-0.3, -0.25) is 23.7 Å². The minimum Gasteiger partial charge on any atom is -0.481 e. The van der Waals surface area contributed by atoms with Gasteiger partial charge in [0, 0.05) is 45.1 Å². The third-order valence-electron chi connectivity index (χ3n) is 8.06. The zero-order valence-electron chi connectivity index (χ0n) is 23.8. The van der Waals surface area contributed by atoms with Gasteiger partial charge in [0.05, 0.1) is 23.7 Å². The van der Waals surface area contributed by atoms with Crippen LogP contribution in [0, 0.1) is 0 Å². The summed E-state index contributed by atoms with van der Waals surface area (Å²) in [7, 11) is 0. The highest BCUT2D eigenvalue weighted by atomic mass is 32.2. The molecule has 3 fully saturated rings. The molecule has 0 unspecified atom stereocenters. The maximum atomic E-state index is 13.7. The predicted molar refractivity (Wildman–Crippen MR) is 167 cm³/mol. The number of piperidine rings is 1. The molecule has 10 nitrogen and oxygen atoms in total. The van der Waals surface area contributed by atoms with E-state index < -0.39 is 11.8 Å². The average molecular weight is 615 g/mol. The zero-order valence-corrected chi connectivity index (χ0v) is 25.4. The molecule has 0 bridgehead atoms. The van der Waals surface area contributed by atoms with Crippen LogP contribution in [-0.4, -0.2) is 74.2 Å². The topological polar surface area (TPSA) is 114 Å². The predicted octanol–water partition coefficient (Wildman–Crippen LogP) is 4.83. The van der Waals surface area contributed by atoms with Crippen LogP contribution < -0.4 is 10.5 Å². The van der Waals surface area contributed by atoms with Crippen molar-refractivity contribution >= 4 is 57.7 Å². The Kier molecular flexibility index (Phi) is 10.3. The van der Waals surface area contributed by atoms with Crippen LogP contribution in [0.5, 0.6) is 0 Å². The smallest absolute Gasteiger partial charge is 0.303 e. The summed E-state index contributed by atoms with van der Waals surface area (Å²) in [6, 6.07) is 5.45. The van der Waals surface area contributed by atoms with Crippen molar-refractivity contribution in [2.24, 2.45) is 0 Å². The molecule has 0 atom stereocenters. The van der Waals surface area contributed by atoms with Crippen LogP contribution in [0.1, 0.15) is 76.2 Å². The van der Waals surface area contributed by atoms with Crippen LogP contribution in [0.15, 0.2) is 34.1 Å². The van der Waals surface area contributed by atoms with Gasteiger partial charge in [-0.1, -0.05) is 68.6 Å². The first kappa shape index (κ1) is 30.7. The first-order valence-electron chi connectivity index (χ1n) is 14.9. The van der Waals surface area contributed by atoms with Gasteiger partial charge in [0.2, 0.25) is 0 Å². The number of aromatic nitrogens is 2. The molecule has 0 aromatic carbocycles. The maximum absolute atomic E-state index is 13.7. The molecular formula is C30H38N4O6S2. The zero-order chi connectivity index (χ0) is 29.5. The molecule has 0 aliphatic carbocycles. The van der Waals surface area contributed by atoms with E-state index >= 15 is 0 Å². The fraction of sp³-hybridized carbons (Fsp3) is 0.567. The Labute approximate surface area is 255 Å². The van der Waals surface area contributed by atoms with Gasteiger partial charge in [-0.05, 0) is 31.1 Å². The summed E-state index contributed by atoms with van der Waals surface area (Å²) in [6.07, 6.45) is 12.8. The standard InChI is InChI=1S/C30H38N4O6S2/c35-25(36)12-7-5-3-1-2-4-6-9-16-34-28(38)23(42-29(34)41)21-22-26(31-24-11-8-10-15-33(24)27(22)37)32-17-13-30(14-18-32)39-19-20-40-30/h8,10-11,15,21H,1-7,9,12-14,16-20H2,(H,35,36)/b23-21+. The van der Waals surface area contributed by atoms with E-state index in [-0.39, 0.29) is 17.9 Å². The molecule has 12 heteroatoms. The molecular weight excluding hydrogens is 576 g/mol. The first-order chi connectivity index (χ1) is 20.4. The number of carbonyl (C=O) groups is 2. The Morgan fingerprint density at radius 1 is 1.02 bits per heavy atom. The molecule has 5 heterocycles. The Hall–Kier alpha value is -2.80. The van der Waals surface area contributed by atoms with Crippen LogP contribution in [0.3, 0.4) is 0 Å². The number of thioether (sulfide) groups is 1. The SMILES string of the molecule is O=C(O)CCCCCCCCCCN1C(=O)/C(=C\c2c(N3CCC4(CC3)OCCO4)nc3ccccn3c2=O)SC1=S. The summed E-state index contributed by atoms with van der Waals surface area (Å²) >= 11 is 6.80. The fourth-order valence-corrected chi connectivity index (χ4v) is 7.02. The van der Waals surface area contributed by atoms with Gasteiger partial charge in [-0.2, -0.15) is 0 Å². The van der Waals surface area contributed by atoms with Crippen LogP contribution in [0.2, 0.25) is 0 Å². The summed E-state index contributed by atoms with van der Waals surface area (Å²) in [6.45, 7) is 2.99. The molecule has 2 aromatic heterocycles. The molecule has 3 saturated heterocycles. The quantitative estimate of drug-likeness (QED) is 0.191. The van der Waals surface area contributed by atoms with Crippen molar-refractivity contribution in [1.82, 2.24) is 14.3 Å². The van der Waals surface area contributed by atoms with Crippen molar-refractivity contribution in [3.05, 3.63) is 45.2 Å². The van der Waals surface area contributed by atoms with Gasteiger partial charge in [-0.25, -0.2) is 4.98 Å². The molecule has 42 heavy (non-hydrogen) atoms. The van der Waals surface area contributed by atoms with Gasteiger partial charge in [0.1, 0.15) is 15.8 Å². The minimum atomic E-state index is -0.729. The Morgan fingerprint density at radius 3 is 2.38 bits per heavy atom. The molecule has 0 saturated carbocycles. The highest BCUT2D eigenvalue weighted by Gasteiger charge is 2.41. The third kappa shape index (κ3) is 7.21. The summed E-state index contributed by atoms with van der Waals surface area (Å²) in [4.78, 5) is 46.7. The first-order valence-corrected chi connectivity index (χ1v) is 16.1. The number of amides is 1. The minimum absolute atomic E-state index is 0.169. The lowest BCUT2D eigenvalue weighted by Gasteiger charge is -2.38. The monoisotopic (exact) mass is 614 g/mol. The van der Waals surface area contributed by atoms with Crippen molar-refractivity contribution in [3.8, 4) is 0 Å². The normalized spacial score (nSPS) is 19.6. The Morgan fingerprint density at radius 2 is 1.69 bits per heavy atom. The van der Waals surface area contributed by atoms with Crippen molar-refractivity contribution < 1.29 is 24.2 Å². The van der Waals surface area contributed by atoms with E-state index in [1.807, 2.05) is 12.1 Å². The van der Waals surface area contributed by atoms with Crippen LogP contribution in [-0.2, 0) is 19.1 Å². The maximum Gasteiger partial charge on any atom is 0.303 e. The van der Waals surface area contributed by atoms with E-state index in [2.05, 4.69) is 4.90 Å². The highest BCUT2D eigenvalue weighted by molar-refractivity contribution is 8.26. The number of aliphatic carboxylic acids is 1. The number of carboxylic acid groups (broad SMARTS) is 1. The van der Waals surface area contributed by atoms with Gasteiger partial charge in [-0.15, -0.1) is 0 Å². The number of anilines is 1. The number of nitrogens with zero attached hydrogens (tertiary/aromatic N) is 4. The van der Waals surface area contributed by atoms with E-state index in [0.717, 1.165) is 51.4 Å². The van der Waals surface area contributed by atoms with Crippen molar-refractivity contribution in [1.29, 1.82) is 0 Å². The Balaban J connectivity index is 1.22. The van der Waals surface area contributed by atoms with E-state index in [4.69, 9.17) is 31.8 Å². The van der Waals surface area contributed by atoms with Gasteiger partial charge < -0.3 is 19.5 Å². The largest absolute Gasteiger partial charge is 0.481 e. The molecule has 3 aliphatic heterocycles. The number of hydrogen-bond donors (Lipinski definition) is 1. The van der Waals surface area contributed by atoms with Crippen molar-refractivity contribution in [2.45, 2.75) is 76.4 Å². The van der Waals surface area contributed by atoms with E-state index in [9.17, 15) is 14.4 Å². The van der Waals surface area contributed by atoms with E-state index in [0.29, 0.717) is 71.9 Å². The summed E-state index contributed by atoms with van der Waals surface area (Å²) in [5.41, 5.74) is 0.709. The van der Waals surface area contributed by atoms with Crippen LogP contribution >= 0.6 is 24.0 Å². The molecule has 2 aromatic rings. The number of pyridine rings is 1. The second-order valence-corrected chi connectivity index (χ2v) is 12.7. The van der Waals surface area contributed by atoms with Crippen LogP contribution in [0.25, 0.3) is 11.7 Å². The van der Waals surface area contributed by atoms with Gasteiger partial charge in [0.25, 0.3) is 11.5 Å². The summed E-state index contributed by atoms with van der Waals surface area (Å²) in [5, 5.41) is 8.71.